The van der Waals surface area contributed by atoms with Crippen LogP contribution in [0, 0.1) is 0 Å². The van der Waals surface area contributed by atoms with E-state index >= 15 is 0 Å². The molecule has 4 nitrogen and oxygen atoms in total. The standard InChI is InChI=1S/C14H19NO3S/c1-2-6-11(15-12(9-19)14(17)18)13(16)10-7-4-3-5-8-10/h3-5,7-8,11-12,15,19H,2,6,9H2,1H3,(H,17,18). The van der Waals surface area contributed by atoms with E-state index in [1.165, 1.54) is 0 Å². The van der Waals surface area contributed by atoms with Gasteiger partial charge in [0.2, 0.25) is 0 Å². The van der Waals surface area contributed by atoms with Crippen LogP contribution in [0.4, 0.5) is 0 Å². The Hall–Kier alpha value is -1.33. The average molecular weight is 281 g/mol. The summed E-state index contributed by atoms with van der Waals surface area (Å²) in [7, 11) is 0. The molecule has 0 aliphatic rings. The molecule has 2 N–H and O–H groups in total. The van der Waals surface area contributed by atoms with E-state index in [1.54, 1.807) is 24.3 Å². The number of aliphatic carboxylic acids is 1. The van der Waals surface area contributed by atoms with Gasteiger partial charge in [-0.1, -0.05) is 43.7 Å². The molecule has 1 rings (SSSR count). The number of rotatable bonds is 8. The van der Waals surface area contributed by atoms with Crippen LogP contribution in [0.2, 0.25) is 0 Å². The van der Waals surface area contributed by atoms with Crippen LogP contribution in [0.25, 0.3) is 0 Å². The van der Waals surface area contributed by atoms with Gasteiger partial charge in [-0.3, -0.25) is 14.9 Å². The number of hydrogen-bond donors (Lipinski definition) is 3. The Morgan fingerprint density at radius 1 is 1.26 bits per heavy atom. The van der Waals surface area contributed by atoms with Crippen molar-refractivity contribution in [2.75, 3.05) is 5.75 Å². The third-order valence-electron chi connectivity index (χ3n) is 2.84. The molecule has 0 radical (unpaired) electrons. The van der Waals surface area contributed by atoms with Crippen LogP contribution in [-0.4, -0.2) is 34.7 Å². The minimum absolute atomic E-state index is 0.0736. The van der Waals surface area contributed by atoms with Crippen LogP contribution >= 0.6 is 12.6 Å². The van der Waals surface area contributed by atoms with Gasteiger partial charge in [0.25, 0.3) is 0 Å². The summed E-state index contributed by atoms with van der Waals surface area (Å²) in [5, 5.41) is 11.9. The Bertz CT molecular complexity index is 422. The minimum Gasteiger partial charge on any atom is -0.480 e. The third-order valence-corrected chi connectivity index (χ3v) is 3.20. The zero-order chi connectivity index (χ0) is 14.3. The Kier molecular flexibility index (Phi) is 6.59. The number of carboxylic acids is 1. The lowest BCUT2D eigenvalue weighted by molar-refractivity contribution is -0.138. The van der Waals surface area contributed by atoms with Crippen molar-refractivity contribution in [1.82, 2.24) is 5.32 Å². The highest BCUT2D eigenvalue weighted by Crippen LogP contribution is 2.09. The molecule has 0 aromatic heterocycles. The molecule has 0 amide bonds. The van der Waals surface area contributed by atoms with Gasteiger partial charge in [-0.15, -0.1) is 0 Å². The Morgan fingerprint density at radius 3 is 2.37 bits per heavy atom. The Labute approximate surface area is 118 Å². The predicted molar refractivity (Wildman–Crippen MR) is 77.9 cm³/mol. The third kappa shape index (κ3) is 4.69. The topological polar surface area (TPSA) is 66.4 Å². The fraction of sp³-hybridized carbons (Fsp3) is 0.429. The molecule has 2 atom stereocenters. The smallest absolute Gasteiger partial charge is 0.321 e. The van der Waals surface area contributed by atoms with Gasteiger partial charge in [0.1, 0.15) is 6.04 Å². The summed E-state index contributed by atoms with van der Waals surface area (Å²) in [5.41, 5.74) is 0.594. The van der Waals surface area contributed by atoms with Crippen molar-refractivity contribution in [3.05, 3.63) is 35.9 Å². The Balaban J connectivity index is 2.82. The molecule has 0 fully saturated rings. The number of hydrogen-bond acceptors (Lipinski definition) is 4. The number of carbonyl (C=O) groups excluding carboxylic acids is 1. The molecular formula is C14H19NO3S. The highest BCUT2D eigenvalue weighted by molar-refractivity contribution is 7.80. The summed E-state index contributed by atoms with van der Waals surface area (Å²) in [4.78, 5) is 23.3. The fourth-order valence-electron chi connectivity index (χ4n) is 1.83. The van der Waals surface area contributed by atoms with Crippen molar-refractivity contribution in [1.29, 1.82) is 0 Å². The van der Waals surface area contributed by atoms with E-state index in [0.717, 1.165) is 6.42 Å². The molecule has 0 saturated heterocycles. The number of Topliss-reactive ketones (excluding diaryl/α,β-unsaturated/α-hetero) is 1. The van der Waals surface area contributed by atoms with Crippen LogP contribution < -0.4 is 5.32 Å². The molecule has 0 spiro atoms. The van der Waals surface area contributed by atoms with Crippen molar-refractivity contribution in [2.24, 2.45) is 0 Å². The van der Waals surface area contributed by atoms with Gasteiger partial charge in [-0.2, -0.15) is 12.6 Å². The summed E-state index contributed by atoms with van der Waals surface area (Å²) in [5.74, 6) is -0.912. The van der Waals surface area contributed by atoms with E-state index < -0.39 is 18.1 Å². The summed E-state index contributed by atoms with van der Waals surface area (Å²) >= 11 is 4.00. The van der Waals surface area contributed by atoms with Crippen LogP contribution in [-0.2, 0) is 4.79 Å². The van der Waals surface area contributed by atoms with E-state index in [1.807, 2.05) is 13.0 Å². The molecule has 2 unspecified atom stereocenters. The first kappa shape index (κ1) is 15.7. The molecule has 5 heteroatoms. The summed E-state index contributed by atoms with van der Waals surface area (Å²) in [6, 6.07) is 7.61. The normalized spacial score (nSPS) is 13.8. The SMILES string of the molecule is CCCC(NC(CS)C(=O)O)C(=O)c1ccccc1. The number of thiol groups is 1. The maximum absolute atomic E-state index is 12.3. The second kappa shape index (κ2) is 7.96. The minimum atomic E-state index is -0.989. The maximum atomic E-state index is 12.3. The second-order valence-corrected chi connectivity index (χ2v) is 4.68. The first-order valence-corrected chi connectivity index (χ1v) is 6.92. The van der Waals surface area contributed by atoms with Gasteiger partial charge >= 0.3 is 5.97 Å². The molecular weight excluding hydrogens is 262 g/mol. The monoisotopic (exact) mass is 281 g/mol. The number of nitrogens with one attached hydrogen (secondary N) is 1. The molecule has 1 aromatic carbocycles. The summed E-state index contributed by atoms with van der Waals surface area (Å²) in [6.45, 7) is 1.96. The van der Waals surface area contributed by atoms with Crippen molar-refractivity contribution >= 4 is 24.4 Å². The van der Waals surface area contributed by atoms with Crippen molar-refractivity contribution < 1.29 is 14.7 Å². The van der Waals surface area contributed by atoms with Gasteiger partial charge in [0, 0.05) is 11.3 Å². The number of benzene rings is 1. The highest BCUT2D eigenvalue weighted by atomic mass is 32.1. The number of carboxylic acid groups (broad SMARTS) is 1. The van der Waals surface area contributed by atoms with E-state index in [0.29, 0.717) is 12.0 Å². The number of ketones is 1. The quantitative estimate of drug-likeness (QED) is 0.504. The molecule has 0 aliphatic carbocycles. The fourth-order valence-corrected chi connectivity index (χ4v) is 2.09. The first-order chi connectivity index (χ1) is 9.10. The molecule has 19 heavy (non-hydrogen) atoms. The molecule has 0 heterocycles. The molecule has 104 valence electrons. The summed E-state index contributed by atoms with van der Waals surface area (Å²) < 4.78 is 0. The maximum Gasteiger partial charge on any atom is 0.321 e. The molecule has 0 saturated carbocycles. The zero-order valence-electron chi connectivity index (χ0n) is 10.9. The van der Waals surface area contributed by atoms with Gasteiger partial charge in [-0.05, 0) is 6.42 Å². The highest BCUT2D eigenvalue weighted by Gasteiger charge is 2.25. The van der Waals surface area contributed by atoms with Gasteiger partial charge < -0.3 is 5.11 Å². The zero-order valence-corrected chi connectivity index (χ0v) is 11.8. The predicted octanol–water partition coefficient (Wildman–Crippen LogP) is 2.01. The van der Waals surface area contributed by atoms with Crippen molar-refractivity contribution in [3.63, 3.8) is 0 Å². The van der Waals surface area contributed by atoms with E-state index in [4.69, 9.17) is 5.11 Å². The van der Waals surface area contributed by atoms with Gasteiger partial charge in [-0.25, -0.2) is 0 Å². The Morgan fingerprint density at radius 2 is 1.89 bits per heavy atom. The van der Waals surface area contributed by atoms with Crippen molar-refractivity contribution in [2.45, 2.75) is 31.8 Å². The lowest BCUT2D eigenvalue weighted by Gasteiger charge is -2.21. The summed E-state index contributed by atoms with van der Waals surface area (Å²) in [6.07, 6.45) is 1.40. The molecule has 0 aliphatic heterocycles. The first-order valence-electron chi connectivity index (χ1n) is 6.29. The molecule has 1 aromatic rings. The van der Waals surface area contributed by atoms with E-state index in [9.17, 15) is 9.59 Å². The lowest BCUT2D eigenvalue weighted by Crippen LogP contribution is -2.48. The van der Waals surface area contributed by atoms with E-state index in [-0.39, 0.29) is 11.5 Å². The van der Waals surface area contributed by atoms with Gasteiger partial charge in [0.15, 0.2) is 5.78 Å². The van der Waals surface area contributed by atoms with Crippen LogP contribution in [0.15, 0.2) is 30.3 Å². The van der Waals surface area contributed by atoms with Crippen LogP contribution in [0.3, 0.4) is 0 Å². The largest absolute Gasteiger partial charge is 0.480 e. The van der Waals surface area contributed by atoms with Crippen LogP contribution in [0.5, 0.6) is 0 Å². The van der Waals surface area contributed by atoms with Gasteiger partial charge in [0.05, 0.1) is 6.04 Å². The lowest BCUT2D eigenvalue weighted by atomic mass is 9.99. The molecule has 0 bridgehead atoms. The van der Waals surface area contributed by atoms with Crippen molar-refractivity contribution in [3.8, 4) is 0 Å². The average Bonchev–Trinajstić information content (AvgIpc) is 2.43. The second-order valence-electron chi connectivity index (χ2n) is 4.31. The number of carbonyl (C=O) groups is 2. The van der Waals surface area contributed by atoms with E-state index in [2.05, 4.69) is 17.9 Å². The van der Waals surface area contributed by atoms with Crippen LogP contribution in [0.1, 0.15) is 30.1 Å².